The average Bonchev–Trinajstić information content (AvgIpc) is 3.24. The molecule has 0 aliphatic carbocycles. The number of anilines is 1. The number of hydrogen-bond acceptors (Lipinski definition) is 7. The van der Waals surface area contributed by atoms with E-state index in [1.165, 1.54) is 12.3 Å². The molecule has 1 saturated heterocycles. The Balaban J connectivity index is 1.81. The van der Waals surface area contributed by atoms with Gasteiger partial charge >= 0.3 is 6.18 Å². The Morgan fingerprint density at radius 2 is 1.97 bits per heavy atom. The van der Waals surface area contributed by atoms with Crippen molar-refractivity contribution in [3.63, 3.8) is 0 Å². The van der Waals surface area contributed by atoms with Crippen molar-refractivity contribution in [1.82, 2.24) is 14.5 Å². The molecule has 4 rings (SSSR count). The minimum atomic E-state index is -5.42. The highest BCUT2D eigenvalue weighted by Crippen LogP contribution is 2.51. The SMILES string of the molecule is Nc1ncnc2c1ccn2[C@@H]1O[C@H]([C@H](O)c2ccc(Cl)c(F)c2)[C@](O)(C(F)(F)F)[C@H]1O. The maximum absolute atomic E-state index is 13.9. The Hall–Kier alpha value is -2.51. The van der Waals surface area contributed by atoms with Gasteiger partial charge in [0.2, 0.25) is 5.60 Å². The summed E-state index contributed by atoms with van der Waals surface area (Å²) in [5.41, 5.74) is 1.51. The van der Waals surface area contributed by atoms with Gasteiger partial charge in [0.15, 0.2) is 6.23 Å². The minimum Gasteiger partial charge on any atom is -0.386 e. The topological polar surface area (TPSA) is 127 Å². The number of aliphatic hydroxyl groups is 3. The van der Waals surface area contributed by atoms with Gasteiger partial charge in [0, 0.05) is 6.20 Å². The van der Waals surface area contributed by atoms with Crippen LogP contribution in [-0.4, -0.2) is 53.8 Å². The van der Waals surface area contributed by atoms with Crippen molar-refractivity contribution in [1.29, 1.82) is 0 Å². The third-order valence-corrected chi connectivity index (χ3v) is 5.59. The van der Waals surface area contributed by atoms with E-state index in [2.05, 4.69) is 9.97 Å². The van der Waals surface area contributed by atoms with E-state index in [1.807, 2.05) is 0 Å². The first-order chi connectivity index (χ1) is 14.5. The molecule has 0 bridgehead atoms. The summed E-state index contributed by atoms with van der Waals surface area (Å²) < 4.78 is 61.9. The molecule has 1 aliphatic rings. The summed E-state index contributed by atoms with van der Waals surface area (Å²) in [6, 6.07) is 4.22. The Bertz CT molecular complexity index is 1140. The normalized spacial score (nSPS) is 27.7. The Morgan fingerprint density at radius 1 is 1.26 bits per heavy atom. The van der Waals surface area contributed by atoms with Gasteiger partial charge in [0.05, 0.1) is 10.4 Å². The Labute approximate surface area is 176 Å². The molecule has 13 heteroatoms. The lowest BCUT2D eigenvalue weighted by molar-refractivity contribution is -0.302. The number of aromatic nitrogens is 3. The first-order valence-electron chi connectivity index (χ1n) is 8.79. The molecule has 3 aromatic rings. The van der Waals surface area contributed by atoms with Crippen LogP contribution in [0.15, 0.2) is 36.8 Å². The maximum atomic E-state index is 13.9. The first kappa shape index (κ1) is 21.7. The van der Waals surface area contributed by atoms with Crippen molar-refractivity contribution >= 4 is 28.5 Å². The minimum absolute atomic E-state index is 0.0359. The highest BCUT2D eigenvalue weighted by atomic mass is 35.5. The van der Waals surface area contributed by atoms with Gasteiger partial charge < -0.3 is 30.4 Å². The molecule has 31 heavy (non-hydrogen) atoms. The predicted molar refractivity (Wildman–Crippen MR) is 99.2 cm³/mol. The highest BCUT2D eigenvalue weighted by molar-refractivity contribution is 6.30. The summed E-state index contributed by atoms with van der Waals surface area (Å²) in [6.07, 6.45) is -12.1. The quantitative estimate of drug-likeness (QED) is 0.439. The molecule has 0 spiro atoms. The molecule has 3 heterocycles. The molecular formula is C18H15ClF4N4O4. The number of nitrogens with zero attached hydrogens (tertiary/aromatic N) is 3. The lowest BCUT2D eigenvalue weighted by Crippen LogP contribution is -2.60. The number of ether oxygens (including phenoxy) is 1. The third-order valence-electron chi connectivity index (χ3n) is 5.28. The lowest BCUT2D eigenvalue weighted by Gasteiger charge is -2.34. The zero-order valence-electron chi connectivity index (χ0n) is 15.3. The summed E-state index contributed by atoms with van der Waals surface area (Å²) in [5.74, 6) is -0.956. The molecule has 0 radical (unpaired) electrons. The van der Waals surface area contributed by atoms with Crippen molar-refractivity contribution in [2.45, 2.75) is 36.3 Å². The molecule has 0 unspecified atom stereocenters. The molecule has 1 fully saturated rings. The molecular weight excluding hydrogens is 448 g/mol. The smallest absolute Gasteiger partial charge is 0.386 e. The molecule has 166 valence electrons. The van der Waals surface area contributed by atoms with Gasteiger partial charge in [-0.15, -0.1) is 0 Å². The van der Waals surface area contributed by atoms with Crippen LogP contribution in [0.3, 0.4) is 0 Å². The van der Waals surface area contributed by atoms with Gasteiger partial charge in [0.1, 0.15) is 41.9 Å². The van der Waals surface area contributed by atoms with Gasteiger partial charge in [-0.25, -0.2) is 14.4 Å². The molecule has 1 aromatic carbocycles. The summed E-state index contributed by atoms with van der Waals surface area (Å²) in [6.45, 7) is 0. The second-order valence-electron chi connectivity index (χ2n) is 7.05. The van der Waals surface area contributed by atoms with Gasteiger partial charge in [-0.3, -0.25) is 0 Å². The summed E-state index contributed by atoms with van der Waals surface area (Å²) in [5, 5.41) is 31.6. The largest absolute Gasteiger partial charge is 0.422 e. The number of nitrogens with two attached hydrogens (primary N) is 1. The fraction of sp³-hybridized carbons (Fsp3) is 0.333. The zero-order chi connectivity index (χ0) is 22.7. The zero-order valence-corrected chi connectivity index (χ0v) is 16.1. The number of nitrogen functional groups attached to an aromatic ring is 1. The number of halogens is 5. The number of benzene rings is 1. The standard InChI is InChI=1S/C18H15ClF4N4O4/c19-9-2-1-7(5-10(9)20)11(28)13-17(30,18(21,22)23)12(29)16(31-13)27-4-3-8-14(24)25-6-26-15(8)27/h1-6,11-13,16,28-30H,(H2,24,25,26)/t11-,12+,13-,16-,17+/m1/s1. The fourth-order valence-corrected chi connectivity index (χ4v) is 3.76. The van der Waals surface area contributed by atoms with Crippen LogP contribution in [-0.2, 0) is 4.74 Å². The lowest BCUT2D eigenvalue weighted by atomic mass is 9.86. The van der Waals surface area contributed by atoms with Crippen LogP contribution in [0.4, 0.5) is 23.4 Å². The number of rotatable bonds is 3. The number of hydrogen-bond donors (Lipinski definition) is 4. The van der Waals surface area contributed by atoms with Gasteiger partial charge in [0.25, 0.3) is 0 Å². The van der Waals surface area contributed by atoms with E-state index in [4.69, 9.17) is 22.1 Å². The molecule has 0 saturated carbocycles. The van der Waals surface area contributed by atoms with E-state index in [9.17, 15) is 32.9 Å². The average molecular weight is 463 g/mol. The fourth-order valence-electron chi connectivity index (χ4n) is 3.64. The monoisotopic (exact) mass is 462 g/mol. The van der Waals surface area contributed by atoms with E-state index in [0.717, 1.165) is 23.0 Å². The van der Waals surface area contributed by atoms with E-state index in [0.29, 0.717) is 6.07 Å². The second-order valence-corrected chi connectivity index (χ2v) is 7.46. The van der Waals surface area contributed by atoms with E-state index >= 15 is 0 Å². The van der Waals surface area contributed by atoms with Crippen LogP contribution in [0.5, 0.6) is 0 Å². The van der Waals surface area contributed by atoms with E-state index in [1.54, 1.807) is 0 Å². The Kier molecular flexibility index (Phi) is 5.10. The number of aliphatic hydroxyl groups excluding tert-OH is 2. The molecule has 5 atom stereocenters. The van der Waals surface area contributed by atoms with Crippen LogP contribution >= 0.6 is 11.6 Å². The van der Waals surface area contributed by atoms with Crippen LogP contribution in [0.2, 0.25) is 5.02 Å². The molecule has 5 N–H and O–H groups in total. The van der Waals surface area contributed by atoms with Crippen LogP contribution in [0.25, 0.3) is 11.0 Å². The van der Waals surface area contributed by atoms with Crippen LogP contribution in [0, 0.1) is 5.82 Å². The van der Waals surface area contributed by atoms with Crippen molar-refractivity contribution in [3.8, 4) is 0 Å². The van der Waals surface area contributed by atoms with Gasteiger partial charge in [-0.1, -0.05) is 17.7 Å². The Morgan fingerprint density at radius 3 is 2.61 bits per heavy atom. The highest BCUT2D eigenvalue weighted by Gasteiger charge is 2.72. The first-order valence-corrected chi connectivity index (χ1v) is 9.17. The maximum Gasteiger partial charge on any atom is 0.422 e. The number of alkyl halides is 3. The summed E-state index contributed by atoms with van der Waals surface area (Å²) in [7, 11) is 0. The third kappa shape index (κ3) is 3.22. The van der Waals surface area contributed by atoms with Gasteiger partial charge in [-0.2, -0.15) is 13.2 Å². The predicted octanol–water partition coefficient (Wildman–Crippen LogP) is 2.09. The van der Waals surface area contributed by atoms with E-state index in [-0.39, 0.29) is 27.4 Å². The van der Waals surface area contributed by atoms with E-state index < -0.39 is 42.1 Å². The molecule has 0 amide bonds. The molecule has 8 nitrogen and oxygen atoms in total. The van der Waals surface area contributed by atoms with Crippen LogP contribution < -0.4 is 5.73 Å². The van der Waals surface area contributed by atoms with Crippen molar-refractivity contribution < 1.29 is 37.6 Å². The van der Waals surface area contributed by atoms with Gasteiger partial charge in [-0.05, 0) is 23.8 Å². The molecule has 1 aliphatic heterocycles. The molecule has 2 aromatic heterocycles. The number of fused-ring (bicyclic) bond motifs is 1. The van der Waals surface area contributed by atoms with Crippen molar-refractivity contribution in [2.75, 3.05) is 5.73 Å². The van der Waals surface area contributed by atoms with Crippen molar-refractivity contribution in [2.24, 2.45) is 0 Å². The second kappa shape index (κ2) is 7.28. The van der Waals surface area contributed by atoms with Crippen molar-refractivity contribution in [3.05, 3.63) is 53.2 Å². The summed E-state index contributed by atoms with van der Waals surface area (Å²) in [4.78, 5) is 7.70. The van der Waals surface area contributed by atoms with Crippen LogP contribution in [0.1, 0.15) is 17.9 Å². The summed E-state index contributed by atoms with van der Waals surface area (Å²) >= 11 is 5.57.